The van der Waals surface area contributed by atoms with Gasteiger partial charge in [-0.1, -0.05) is 6.92 Å². The van der Waals surface area contributed by atoms with Crippen molar-refractivity contribution in [2.45, 2.75) is 38.3 Å². The molecule has 0 saturated carbocycles. The minimum absolute atomic E-state index is 0.0965. The lowest BCUT2D eigenvalue weighted by Gasteiger charge is -2.24. The van der Waals surface area contributed by atoms with Crippen LogP contribution in [-0.2, 0) is 4.74 Å². The molecule has 0 aliphatic carbocycles. The van der Waals surface area contributed by atoms with Crippen molar-refractivity contribution in [1.82, 2.24) is 20.5 Å². The average molecular weight is 277 g/mol. The third kappa shape index (κ3) is 2.11. The fourth-order valence-corrected chi connectivity index (χ4v) is 3.79. The van der Waals surface area contributed by atoms with Gasteiger partial charge in [-0.3, -0.25) is 5.10 Å². The zero-order valence-electron chi connectivity index (χ0n) is 12.0. The molecule has 0 aromatic carbocycles. The topological polar surface area (TPSA) is 66.1 Å². The first-order valence-electron chi connectivity index (χ1n) is 7.83. The summed E-state index contributed by atoms with van der Waals surface area (Å²) in [6, 6.07) is 0.618. The third-order valence-corrected chi connectivity index (χ3v) is 5.03. The standard InChI is InChI=1S/C14H23N5O/c1-9-4-6-20-12(9)13-16-14(18-17-13)19-7-10-3-2-5-15-11(10)8-19/h9-12,15H,2-8H2,1H3,(H,16,17,18). The fourth-order valence-electron chi connectivity index (χ4n) is 3.79. The van der Waals surface area contributed by atoms with Crippen molar-refractivity contribution in [3.05, 3.63) is 5.82 Å². The molecule has 110 valence electrons. The fraction of sp³-hybridized carbons (Fsp3) is 0.857. The van der Waals surface area contributed by atoms with Crippen LogP contribution in [0.2, 0.25) is 0 Å². The second-order valence-corrected chi connectivity index (χ2v) is 6.45. The normalized spacial score (nSPS) is 37.4. The van der Waals surface area contributed by atoms with E-state index in [1.54, 1.807) is 0 Å². The monoisotopic (exact) mass is 277 g/mol. The van der Waals surface area contributed by atoms with Crippen LogP contribution in [0.3, 0.4) is 0 Å². The summed E-state index contributed by atoms with van der Waals surface area (Å²) in [5.41, 5.74) is 0. The van der Waals surface area contributed by atoms with E-state index in [1.807, 2.05) is 0 Å². The van der Waals surface area contributed by atoms with Gasteiger partial charge in [-0.25, -0.2) is 0 Å². The number of nitrogens with one attached hydrogen (secondary N) is 2. The van der Waals surface area contributed by atoms with Gasteiger partial charge < -0.3 is 15.0 Å². The molecule has 4 rings (SSSR count). The number of rotatable bonds is 2. The number of aromatic nitrogens is 3. The summed E-state index contributed by atoms with van der Waals surface area (Å²) >= 11 is 0. The Balaban J connectivity index is 1.48. The van der Waals surface area contributed by atoms with Gasteiger partial charge in [0.25, 0.3) is 0 Å². The van der Waals surface area contributed by atoms with E-state index in [9.17, 15) is 0 Å². The minimum Gasteiger partial charge on any atom is -0.370 e. The van der Waals surface area contributed by atoms with Gasteiger partial charge >= 0.3 is 0 Å². The summed E-state index contributed by atoms with van der Waals surface area (Å²) in [5, 5.41) is 11.1. The van der Waals surface area contributed by atoms with Crippen LogP contribution in [0.1, 0.15) is 38.1 Å². The van der Waals surface area contributed by atoms with E-state index in [2.05, 4.69) is 32.3 Å². The molecule has 6 nitrogen and oxygen atoms in total. The van der Waals surface area contributed by atoms with Crippen LogP contribution in [0.5, 0.6) is 0 Å². The lowest BCUT2D eigenvalue weighted by atomic mass is 9.94. The number of aromatic amines is 1. The van der Waals surface area contributed by atoms with E-state index in [4.69, 9.17) is 4.74 Å². The van der Waals surface area contributed by atoms with E-state index >= 15 is 0 Å². The molecule has 3 aliphatic heterocycles. The van der Waals surface area contributed by atoms with Crippen molar-refractivity contribution in [1.29, 1.82) is 0 Å². The zero-order valence-corrected chi connectivity index (χ0v) is 12.0. The Morgan fingerprint density at radius 3 is 3.05 bits per heavy atom. The molecule has 4 atom stereocenters. The molecule has 2 N–H and O–H groups in total. The van der Waals surface area contributed by atoms with Gasteiger partial charge in [0.1, 0.15) is 6.10 Å². The van der Waals surface area contributed by atoms with Crippen molar-refractivity contribution >= 4 is 5.95 Å². The Morgan fingerprint density at radius 1 is 1.30 bits per heavy atom. The number of hydrogen-bond acceptors (Lipinski definition) is 5. The van der Waals surface area contributed by atoms with Crippen LogP contribution in [0.4, 0.5) is 5.95 Å². The van der Waals surface area contributed by atoms with E-state index < -0.39 is 0 Å². The van der Waals surface area contributed by atoms with Crippen LogP contribution in [0, 0.1) is 11.8 Å². The number of anilines is 1. The molecule has 1 aromatic heterocycles. The lowest BCUT2D eigenvalue weighted by Crippen LogP contribution is -2.40. The van der Waals surface area contributed by atoms with Gasteiger partial charge in [-0.2, -0.15) is 4.98 Å². The number of ether oxygens (including phenoxy) is 1. The van der Waals surface area contributed by atoms with Crippen molar-refractivity contribution < 1.29 is 4.74 Å². The van der Waals surface area contributed by atoms with Gasteiger partial charge in [-0.05, 0) is 37.6 Å². The number of hydrogen-bond donors (Lipinski definition) is 2. The molecule has 0 bridgehead atoms. The maximum Gasteiger partial charge on any atom is 0.244 e. The number of piperidine rings is 1. The van der Waals surface area contributed by atoms with Crippen molar-refractivity contribution in [3.63, 3.8) is 0 Å². The highest BCUT2D eigenvalue weighted by Gasteiger charge is 2.36. The van der Waals surface area contributed by atoms with Crippen LogP contribution in [-0.4, -0.2) is 47.5 Å². The molecule has 4 heterocycles. The molecule has 3 fully saturated rings. The molecule has 4 unspecified atom stereocenters. The molecule has 3 aliphatic rings. The van der Waals surface area contributed by atoms with Gasteiger partial charge in [0.05, 0.1) is 0 Å². The maximum atomic E-state index is 5.76. The minimum atomic E-state index is 0.0965. The first-order chi connectivity index (χ1) is 9.81. The Kier molecular flexibility index (Phi) is 3.15. The Hall–Kier alpha value is -1.14. The molecule has 20 heavy (non-hydrogen) atoms. The highest BCUT2D eigenvalue weighted by atomic mass is 16.5. The van der Waals surface area contributed by atoms with E-state index in [-0.39, 0.29) is 6.10 Å². The SMILES string of the molecule is CC1CCOC1c1nc(N2CC3CCCNC3C2)n[nH]1. The van der Waals surface area contributed by atoms with E-state index in [0.29, 0.717) is 12.0 Å². The summed E-state index contributed by atoms with van der Waals surface area (Å²) in [6.45, 7) is 6.31. The second-order valence-electron chi connectivity index (χ2n) is 6.45. The first kappa shape index (κ1) is 12.6. The predicted octanol–water partition coefficient (Wildman–Crippen LogP) is 1.09. The smallest absolute Gasteiger partial charge is 0.244 e. The summed E-state index contributed by atoms with van der Waals surface area (Å²) in [5.74, 6) is 3.03. The van der Waals surface area contributed by atoms with Crippen LogP contribution in [0.15, 0.2) is 0 Å². The van der Waals surface area contributed by atoms with Crippen LogP contribution in [0.25, 0.3) is 0 Å². The van der Waals surface area contributed by atoms with Crippen LogP contribution < -0.4 is 10.2 Å². The lowest BCUT2D eigenvalue weighted by molar-refractivity contribution is 0.0876. The molecule has 3 saturated heterocycles. The molecule has 0 amide bonds. The third-order valence-electron chi connectivity index (χ3n) is 5.03. The molecule has 0 spiro atoms. The number of H-pyrrole nitrogens is 1. The predicted molar refractivity (Wildman–Crippen MR) is 75.6 cm³/mol. The van der Waals surface area contributed by atoms with Gasteiger partial charge in [-0.15, -0.1) is 5.10 Å². The number of fused-ring (bicyclic) bond motifs is 1. The zero-order chi connectivity index (χ0) is 13.5. The Morgan fingerprint density at radius 2 is 2.25 bits per heavy atom. The molecule has 1 aromatic rings. The highest BCUT2D eigenvalue weighted by Crippen LogP contribution is 2.33. The highest BCUT2D eigenvalue weighted by molar-refractivity contribution is 5.33. The average Bonchev–Trinajstić information content (AvgIpc) is 3.15. The van der Waals surface area contributed by atoms with Crippen LogP contribution >= 0.6 is 0 Å². The molecule has 6 heteroatoms. The van der Waals surface area contributed by atoms with Crippen molar-refractivity contribution in [2.75, 3.05) is 31.1 Å². The van der Waals surface area contributed by atoms with Gasteiger partial charge in [0.2, 0.25) is 5.95 Å². The molecule has 0 radical (unpaired) electrons. The Labute approximate surface area is 119 Å². The van der Waals surface area contributed by atoms with Crippen molar-refractivity contribution in [3.8, 4) is 0 Å². The van der Waals surface area contributed by atoms with E-state index in [0.717, 1.165) is 50.4 Å². The molecular weight excluding hydrogens is 254 g/mol. The summed E-state index contributed by atoms with van der Waals surface area (Å²) in [6.07, 6.45) is 3.83. The summed E-state index contributed by atoms with van der Waals surface area (Å²) in [4.78, 5) is 7.00. The summed E-state index contributed by atoms with van der Waals surface area (Å²) in [7, 11) is 0. The van der Waals surface area contributed by atoms with Crippen molar-refractivity contribution in [2.24, 2.45) is 11.8 Å². The first-order valence-corrected chi connectivity index (χ1v) is 7.83. The second kappa shape index (κ2) is 5.00. The molecular formula is C14H23N5O. The Bertz CT molecular complexity index is 462. The quantitative estimate of drug-likeness (QED) is 0.847. The van der Waals surface area contributed by atoms with E-state index in [1.165, 1.54) is 12.8 Å². The van der Waals surface area contributed by atoms with Gasteiger partial charge in [0.15, 0.2) is 5.82 Å². The van der Waals surface area contributed by atoms with Gasteiger partial charge in [0, 0.05) is 25.7 Å². The maximum absolute atomic E-state index is 5.76. The largest absolute Gasteiger partial charge is 0.370 e. The number of nitrogens with zero attached hydrogens (tertiary/aromatic N) is 3. The summed E-state index contributed by atoms with van der Waals surface area (Å²) < 4.78 is 5.76.